The molecule has 0 spiro atoms. The lowest BCUT2D eigenvalue weighted by Gasteiger charge is -2.18. The van der Waals surface area contributed by atoms with E-state index in [4.69, 9.17) is 4.74 Å². The maximum absolute atomic E-state index is 10.8. The molecular weight excluding hydrogens is 392 g/mol. The number of hydrogen-bond acceptors (Lipinski definition) is 7. The summed E-state index contributed by atoms with van der Waals surface area (Å²) in [4.78, 5) is 10.3. The summed E-state index contributed by atoms with van der Waals surface area (Å²) in [6.45, 7) is 10.3. The zero-order valence-electron chi connectivity index (χ0n) is 16.5. The van der Waals surface area contributed by atoms with Crippen molar-refractivity contribution in [1.82, 2.24) is 24.5 Å². The summed E-state index contributed by atoms with van der Waals surface area (Å²) < 4.78 is 9.56. The number of hydrogen-bond donors (Lipinski definition) is 0. The molecule has 10 heteroatoms. The van der Waals surface area contributed by atoms with Crippen molar-refractivity contribution in [2.45, 2.75) is 44.5 Å². The van der Waals surface area contributed by atoms with Gasteiger partial charge in [0.15, 0.2) is 17.1 Å². The third kappa shape index (κ3) is 4.65. The second-order valence-electron chi connectivity index (χ2n) is 6.47. The van der Waals surface area contributed by atoms with Crippen molar-refractivity contribution in [1.29, 1.82) is 0 Å². The molecule has 0 bridgehead atoms. The fourth-order valence-electron chi connectivity index (χ4n) is 2.74. The first kappa shape index (κ1) is 20.6. The molecule has 0 aliphatic carbocycles. The van der Waals surface area contributed by atoms with Crippen LogP contribution in [0.2, 0.25) is 0 Å². The van der Waals surface area contributed by atoms with Gasteiger partial charge in [-0.25, -0.2) is 0 Å². The third-order valence-corrected chi connectivity index (χ3v) is 5.39. The molecule has 0 saturated heterocycles. The zero-order chi connectivity index (χ0) is 21.0. The van der Waals surface area contributed by atoms with Crippen LogP contribution >= 0.6 is 11.8 Å². The number of aromatic nitrogens is 5. The van der Waals surface area contributed by atoms with Gasteiger partial charge in [-0.3, -0.25) is 19.4 Å². The standard InChI is InChI=1S/C19H22N6O3S/c1-5-9-24-18(15(4)28-17-8-6-7-13(2)14(17)3)21-22-19(24)29-12-23-11-16(10-20-23)25(26)27/h5-8,10-11,15H,1,9,12H2,2-4H3. The Morgan fingerprint density at radius 3 is 2.86 bits per heavy atom. The fraction of sp³-hybridized carbons (Fsp3) is 0.316. The van der Waals surface area contributed by atoms with Crippen LogP contribution in [0.15, 0.2) is 48.4 Å². The highest BCUT2D eigenvalue weighted by Crippen LogP contribution is 2.28. The predicted molar refractivity (Wildman–Crippen MR) is 110 cm³/mol. The van der Waals surface area contributed by atoms with E-state index in [0.29, 0.717) is 23.4 Å². The smallest absolute Gasteiger partial charge is 0.307 e. The Labute approximate surface area is 172 Å². The van der Waals surface area contributed by atoms with E-state index in [1.54, 1.807) is 6.08 Å². The highest BCUT2D eigenvalue weighted by molar-refractivity contribution is 7.98. The monoisotopic (exact) mass is 414 g/mol. The van der Waals surface area contributed by atoms with Crippen LogP contribution < -0.4 is 4.74 Å². The van der Waals surface area contributed by atoms with Gasteiger partial charge in [-0.15, -0.1) is 16.8 Å². The Morgan fingerprint density at radius 1 is 1.38 bits per heavy atom. The molecule has 3 rings (SSSR count). The van der Waals surface area contributed by atoms with E-state index in [2.05, 4.69) is 21.9 Å². The number of allylic oxidation sites excluding steroid dienone is 1. The predicted octanol–water partition coefficient (Wildman–Crippen LogP) is 4.08. The van der Waals surface area contributed by atoms with Crippen LogP contribution in [0.25, 0.3) is 0 Å². The topological polar surface area (TPSA) is 101 Å². The molecule has 3 aromatic rings. The van der Waals surface area contributed by atoms with Gasteiger partial charge in [-0.05, 0) is 38.0 Å². The maximum Gasteiger partial charge on any atom is 0.307 e. The number of rotatable bonds is 9. The minimum absolute atomic E-state index is 0.0469. The fourth-order valence-corrected chi connectivity index (χ4v) is 3.56. The van der Waals surface area contributed by atoms with E-state index in [0.717, 1.165) is 16.9 Å². The van der Waals surface area contributed by atoms with Crippen LogP contribution in [0.4, 0.5) is 5.69 Å². The van der Waals surface area contributed by atoms with Gasteiger partial charge in [0.2, 0.25) is 0 Å². The molecule has 1 atom stereocenters. The lowest BCUT2D eigenvalue weighted by Crippen LogP contribution is -2.13. The average molecular weight is 414 g/mol. The van der Waals surface area contributed by atoms with E-state index >= 15 is 0 Å². The number of thioether (sulfide) groups is 1. The van der Waals surface area contributed by atoms with Crippen LogP contribution in [0.3, 0.4) is 0 Å². The number of ether oxygens (including phenoxy) is 1. The molecule has 0 N–H and O–H groups in total. The Balaban J connectivity index is 1.77. The van der Waals surface area contributed by atoms with Crippen molar-refractivity contribution in [3.63, 3.8) is 0 Å². The number of benzene rings is 1. The first-order chi connectivity index (χ1) is 13.9. The van der Waals surface area contributed by atoms with Crippen LogP contribution in [-0.2, 0) is 12.4 Å². The van der Waals surface area contributed by atoms with Gasteiger partial charge in [0.1, 0.15) is 18.1 Å². The maximum atomic E-state index is 10.8. The first-order valence-corrected chi connectivity index (χ1v) is 9.95. The van der Waals surface area contributed by atoms with Crippen molar-refractivity contribution in [2.75, 3.05) is 0 Å². The van der Waals surface area contributed by atoms with Gasteiger partial charge in [0, 0.05) is 6.54 Å². The summed E-state index contributed by atoms with van der Waals surface area (Å²) in [7, 11) is 0. The van der Waals surface area contributed by atoms with Crippen molar-refractivity contribution in [3.05, 3.63) is 70.3 Å². The SMILES string of the molecule is C=CCn1c(SCn2cc([N+](=O)[O-])cn2)nnc1C(C)Oc1cccc(C)c1C. The molecule has 9 nitrogen and oxygen atoms in total. The van der Waals surface area contributed by atoms with Crippen molar-refractivity contribution in [3.8, 4) is 5.75 Å². The summed E-state index contributed by atoms with van der Waals surface area (Å²) in [5.74, 6) is 1.86. The first-order valence-electron chi connectivity index (χ1n) is 8.97. The normalized spacial score (nSPS) is 12.0. The molecule has 1 aromatic carbocycles. The summed E-state index contributed by atoms with van der Waals surface area (Å²) in [5.41, 5.74) is 2.20. The van der Waals surface area contributed by atoms with Gasteiger partial charge in [0.25, 0.3) is 0 Å². The molecule has 152 valence electrons. The second-order valence-corrected chi connectivity index (χ2v) is 7.38. The molecule has 0 radical (unpaired) electrons. The molecule has 0 aliphatic rings. The van der Waals surface area contributed by atoms with Crippen molar-refractivity contribution in [2.24, 2.45) is 0 Å². The van der Waals surface area contributed by atoms with Crippen LogP contribution in [0.5, 0.6) is 5.75 Å². The minimum Gasteiger partial charge on any atom is -0.482 e. The molecule has 2 aromatic heterocycles. The van der Waals surface area contributed by atoms with Gasteiger partial charge in [-0.1, -0.05) is 30.0 Å². The van der Waals surface area contributed by atoms with Crippen molar-refractivity contribution >= 4 is 17.4 Å². The molecule has 0 amide bonds. The molecule has 29 heavy (non-hydrogen) atoms. The van der Waals surface area contributed by atoms with Crippen LogP contribution in [0.1, 0.15) is 30.0 Å². The largest absolute Gasteiger partial charge is 0.482 e. The van der Waals surface area contributed by atoms with Crippen LogP contribution in [-0.4, -0.2) is 29.5 Å². The second kappa shape index (κ2) is 8.91. The van der Waals surface area contributed by atoms with Crippen LogP contribution in [0, 0.1) is 24.0 Å². The summed E-state index contributed by atoms with van der Waals surface area (Å²) in [6.07, 6.45) is 4.05. The summed E-state index contributed by atoms with van der Waals surface area (Å²) in [5, 5.41) is 24.0. The molecule has 1 unspecified atom stereocenters. The van der Waals surface area contributed by atoms with Gasteiger partial charge >= 0.3 is 5.69 Å². The van der Waals surface area contributed by atoms with Gasteiger partial charge in [0.05, 0.1) is 10.8 Å². The van der Waals surface area contributed by atoms with E-state index in [1.807, 2.05) is 43.5 Å². The summed E-state index contributed by atoms with van der Waals surface area (Å²) in [6, 6.07) is 5.94. The number of nitro groups is 1. The lowest BCUT2D eigenvalue weighted by molar-refractivity contribution is -0.385. The van der Waals surface area contributed by atoms with E-state index < -0.39 is 4.92 Å². The van der Waals surface area contributed by atoms with E-state index in [-0.39, 0.29) is 11.8 Å². The minimum atomic E-state index is -0.473. The Kier molecular flexibility index (Phi) is 6.32. The zero-order valence-corrected chi connectivity index (χ0v) is 17.3. The molecular formula is C19H22N6O3S. The van der Waals surface area contributed by atoms with E-state index in [1.165, 1.54) is 28.8 Å². The molecule has 0 aliphatic heterocycles. The molecule has 0 fully saturated rings. The summed E-state index contributed by atoms with van der Waals surface area (Å²) >= 11 is 1.38. The Bertz CT molecular complexity index is 1030. The third-order valence-electron chi connectivity index (χ3n) is 4.44. The quantitative estimate of drug-likeness (QED) is 0.225. The number of aryl methyl sites for hydroxylation is 1. The number of nitrogens with zero attached hydrogens (tertiary/aromatic N) is 6. The highest BCUT2D eigenvalue weighted by Gasteiger charge is 2.20. The average Bonchev–Trinajstić information content (AvgIpc) is 3.31. The Hall–Kier alpha value is -3.14. The Morgan fingerprint density at radius 2 is 2.17 bits per heavy atom. The molecule has 0 saturated carbocycles. The highest BCUT2D eigenvalue weighted by atomic mass is 32.2. The lowest BCUT2D eigenvalue weighted by atomic mass is 10.1. The van der Waals surface area contributed by atoms with E-state index in [9.17, 15) is 10.1 Å². The van der Waals surface area contributed by atoms with Gasteiger partial charge < -0.3 is 4.74 Å². The van der Waals surface area contributed by atoms with Gasteiger partial charge in [-0.2, -0.15) is 5.10 Å². The van der Waals surface area contributed by atoms with Crippen molar-refractivity contribution < 1.29 is 9.66 Å². The molecule has 2 heterocycles.